The third kappa shape index (κ3) is 2.32. The number of aryl methyl sites for hydroxylation is 1. The van der Waals surface area contributed by atoms with Crippen molar-refractivity contribution >= 4 is 5.78 Å². The maximum atomic E-state index is 13.4. The van der Waals surface area contributed by atoms with Crippen LogP contribution >= 0.6 is 0 Å². The summed E-state index contributed by atoms with van der Waals surface area (Å²) in [5.41, 5.74) is 1.91. The van der Waals surface area contributed by atoms with Crippen LogP contribution in [0.1, 0.15) is 30.6 Å². The number of rotatable bonds is 4. The zero-order valence-corrected chi connectivity index (χ0v) is 10.5. The van der Waals surface area contributed by atoms with Gasteiger partial charge in [0, 0.05) is 23.9 Å². The number of hydrogen-bond acceptors (Lipinski definition) is 2. The van der Waals surface area contributed by atoms with Gasteiger partial charge in [0.1, 0.15) is 5.82 Å². The van der Waals surface area contributed by atoms with Crippen LogP contribution in [0.5, 0.6) is 0 Å². The molecule has 0 amide bonds. The number of carbonyl (C=O) groups is 1. The minimum atomic E-state index is -0.348. The first kappa shape index (κ1) is 12.5. The molecule has 0 bridgehead atoms. The van der Waals surface area contributed by atoms with Crippen molar-refractivity contribution in [1.29, 1.82) is 0 Å². The zero-order chi connectivity index (χ0) is 13.1. The van der Waals surface area contributed by atoms with Crippen LogP contribution in [-0.4, -0.2) is 15.6 Å². The SMILES string of the molecule is CCCn1nccc1-c1cc(F)ccc1C(C)=O. The molecule has 0 unspecified atom stereocenters. The Morgan fingerprint density at radius 1 is 1.39 bits per heavy atom. The van der Waals surface area contributed by atoms with Crippen LogP contribution in [0.2, 0.25) is 0 Å². The van der Waals surface area contributed by atoms with E-state index < -0.39 is 0 Å². The number of carbonyl (C=O) groups excluding carboxylic acids is 1. The van der Waals surface area contributed by atoms with E-state index in [9.17, 15) is 9.18 Å². The average molecular weight is 246 g/mol. The van der Waals surface area contributed by atoms with Crippen LogP contribution in [0.4, 0.5) is 4.39 Å². The van der Waals surface area contributed by atoms with Crippen molar-refractivity contribution < 1.29 is 9.18 Å². The molecule has 1 heterocycles. The Morgan fingerprint density at radius 3 is 2.83 bits per heavy atom. The fourth-order valence-corrected chi connectivity index (χ4v) is 1.99. The topological polar surface area (TPSA) is 34.9 Å². The van der Waals surface area contributed by atoms with E-state index in [1.165, 1.54) is 25.1 Å². The van der Waals surface area contributed by atoms with Crippen LogP contribution in [0, 0.1) is 5.82 Å². The zero-order valence-electron chi connectivity index (χ0n) is 10.5. The fourth-order valence-electron chi connectivity index (χ4n) is 1.99. The predicted octanol–water partition coefficient (Wildman–Crippen LogP) is 3.30. The van der Waals surface area contributed by atoms with E-state index in [1.807, 2.05) is 6.92 Å². The van der Waals surface area contributed by atoms with Gasteiger partial charge < -0.3 is 0 Å². The summed E-state index contributed by atoms with van der Waals surface area (Å²) in [7, 11) is 0. The second-order valence-electron chi connectivity index (χ2n) is 4.19. The predicted molar refractivity (Wildman–Crippen MR) is 67.9 cm³/mol. The fraction of sp³-hybridized carbons (Fsp3) is 0.286. The first-order valence-electron chi connectivity index (χ1n) is 5.96. The molecular weight excluding hydrogens is 231 g/mol. The molecule has 0 fully saturated rings. The van der Waals surface area contributed by atoms with Crippen LogP contribution in [0.15, 0.2) is 30.5 Å². The number of ketones is 1. The molecule has 0 atom stereocenters. The molecule has 0 spiro atoms. The molecular formula is C14H15FN2O. The van der Waals surface area contributed by atoms with Gasteiger partial charge in [0.25, 0.3) is 0 Å². The van der Waals surface area contributed by atoms with Crippen molar-refractivity contribution in [2.45, 2.75) is 26.8 Å². The van der Waals surface area contributed by atoms with Gasteiger partial charge in [0.05, 0.1) is 5.69 Å². The van der Waals surface area contributed by atoms with Crippen molar-refractivity contribution in [3.8, 4) is 11.3 Å². The van der Waals surface area contributed by atoms with Gasteiger partial charge in [-0.1, -0.05) is 6.92 Å². The second kappa shape index (κ2) is 5.12. The Hall–Kier alpha value is -1.97. The largest absolute Gasteiger partial charge is 0.294 e. The Kier molecular flexibility index (Phi) is 3.55. The summed E-state index contributed by atoms with van der Waals surface area (Å²) in [6.45, 7) is 4.27. The Bertz CT molecular complexity index is 575. The van der Waals surface area contributed by atoms with Crippen LogP contribution < -0.4 is 0 Å². The van der Waals surface area contributed by atoms with Gasteiger partial charge in [0.15, 0.2) is 5.78 Å². The number of benzene rings is 1. The van der Waals surface area contributed by atoms with Gasteiger partial charge in [-0.05, 0) is 37.6 Å². The lowest BCUT2D eigenvalue weighted by Crippen LogP contribution is -2.04. The molecule has 2 rings (SSSR count). The Balaban J connectivity index is 2.58. The third-order valence-electron chi connectivity index (χ3n) is 2.79. The third-order valence-corrected chi connectivity index (χ3v) is 2.79. The van der Waals surface area contributed by atoms with Gasteiger partial charge in [0.2, 0.25) is 0 Å². The molecule has 0 saturated carbocycles. The monoisotopic (exact) mass is 246 g/mol. The summed E-state index contributed by atoms with van der Waals surface area (Å²) in [6, 6.07) is 6.02. The van der Waals surface area contributed by atoms with Crippen LogP contribution in [0.25, 0.3) is 11.3 Å². The van der Waals surface area contributed by atoms with E-state index in [1.54, 1.807) is 16.9 Å². The summed E-state index contributed by atoms with van der Waals surface area (Å²) >= 11 is 0. The molecule has 0 saturated heterocycles. The second-order valence-corrected chi connectivity index (χ2v) is 4.19. The maximum Gasteiger partial charge on any atom is 0.160 e. The van der Waals surface area contributed by atoms with Crippen molar-refractivity contribution in [2.24, 2.45) is 0 Å². The molecule has 1 aromatic carbocycles. The molecule has 94 valence electrons. The van der Waals surface area contributed by atoms with Gasteiger partial charge >= 0.3 is 0 Å². The van der Waals surface area contributed by atoms with Crippen molar-refractivity contribution in [1.82, 2.24) is 9.78 Å². The molecule has 3 nitrogen and oxygen atoms in total. The highest BCUT2D eigenvalue weighted by Crippen LogP contribution is 2.25. The highest BCUT2D eigenvalue weighted by Gasteiger charge is 2.13. The van der Waals surface area contributed by atoms with Crippen LogP contribution in [-0.2, 0) is 6.54 Å². The highest BCUT2D eigenvalue weighted by atomic mass is 19.1. The number of aromatic nitrogens is 2. The van der Waals surface area contributed by atoms with Gasteiger partial charge in [-0.2, -0.15) is 5.10 Å². The van der Waals surface area contributed by atoms with Crippen molar-refractivity contribution in [2.75, 3.05) is 0 Å². The molecule has 0 N–H and O–H groups in total. The van der Waals surface area contributed by atoms with E-state index in [0.29, 0.717) is 11.1 Å². The summed E-state index contributed by atoms with van der Waals surface area (Å²) in [6.07, 6.45) is 2.60. The summed E-state index contributed by atoms with van der Waals surface area (Å²) in [5.74, 6) is -0.423. The summed E-state index contributed by atoms with van der Waals surface area (Å²) < 4.78 is 15.2. The molecule has 0 radical (unpaired) electrons. The Morgan fingerprint density at radius 2 is 2.17 bits per heavy atom. The number of halogens is 1. The molecule has 18 heavy (non-hydrogen) atoms. The first-order chi connectivity index (χ1) is 8.63. The molecule has 0 aliphatic heterocycles. The van der Waals surface area contributed by atoms with E-state index in [-0.39, 0.29) is 11.6 Å². The highest BCUT2D eigenvalue weighted by molar-refractivity contribution is 6.00. The lowest BCUT2D eigenvalue weighted by Gasteiger charge is -2.10. The number of hydrogen-bond donors (Lipinski definition) is 0. The molecule has 0 aliphatic rings. The minimum Gasteiger partial charge on any atom is -0.294 e. The standard InChI is InChI=1S/C14H15FN2O/c1-3-8-17-14(6-7-16-17)13-9-11(15)4-5-12(13)10(2)18/h4-7,9H,3,8H2,1-2H3. The average Bonchev–Trinajstić information content (AvgIpc) is 2.77. The lowest BCUT2D eigenvalue weighted by atomic mass is 10.0. The maximum absolute atomic E-state index is 13.4. The van der Waals surface area contributed by atoms with Crippen molar-refractivity contribution in [3.05, 3.63) is 41.8 Å². The molecule has 4 heteroatoms. The van der Waals surface area contributed by atoms with E-state index in [4.69, 9.17) is 0 Å². The molecule has 1 aromatic heterocycles. The minimum absolute atomic E-state index is 0.0748. The number of nitrogens with zero attached hydrogens (tertiary/aromatic N) is 2. The van der Waals surface area contributed by atoms with Gasteiger partial charge in [-0.15, -0.1) is 0 Å². The molecule has 2 aromatic rings. The van der Waals surface area contributed by atoms with Gasteiger partial charge in [-0.3, -0.25) is 9.48 Å². The van der Waals surface area contributed by atoms with Crippen LogP contribution in [0.3, 0.4) is 0 Å². The Labute approximate surface area is 105 Å². The van der Waals surface area contributed by atoms with E-state index in [0.717, 1.165) is 18.7 Å². The number of Topliss-reactive ketones (excluding diaryl/α,β-unsaturated/α-hetero) is 1. The quantitative estimate of drug-likeness (QED) is 0.776. The van der Waals surface area contributed by atoms with E-state index >= 15 is 0 Å². The van der Waals surface area contributed by atoms with E-state index in [2.05, 4.69) is 5.10 Å². The normalized spacial score (nSPS) is 10.6. The molecule has 0 aliphatic carbocycles. The summed E-state index contributed by atoms with van der Waals surface area (Å²) in [5, 5.41) is 4.20. The van der Waals surface area contributed by atoms with Gasteiger partial charge in [-0.25, -0.2) is 4.39 Å². The van der Waals surface area contributed by atoms with Crippen molar-refractivity contribution in [3.63, 3.8) is 0 Å². The lowest BCUT2D eigenvalue weighted by molar-refractivity contribution is 0.101. The summed E-state index contributed by atoms with van der Waals surface area (Å²) in [4.78, 5) is 11.6. The first-order valence-corrected chi connectivity index (χ1v) is 5.96. The smallest absolute Gasteiger partial charge is 0.160 e.